The number of ether oxygens (including phenoxy) is 1. The maximum absolute atomic E-state index is 13.0. The molecule has 0 radical (unpaired) electrons. The topological polar surface area (TPSA) is 26.3 Å². The molecule has 0 aliphatic carbocycles. The molecule has 0 amide bonds. The van der Waals surface area contributed by atoms with E-state index < -0.39 is 6.10 Å². The normalized spacial score (nSPS) is 13.5. The second-order valence-corrected chi connectivity index (χ2v) is 6.48. The van der Waals surface area contributed by atoms with Gasteiger partial charge in [-0.15, -0.1) is 6.58 Å². The van der Waals surface area contributed by atoms with Crippen molar-refractivity contribution in [2.24, 2.45) is 11.8 Å². The molecule has 2 nitrogen and oxygen atoms in total. The maximum atomic E-state index is 13.0. The second-order valence-electron chi connectivity index (χ2n) is 6.48. The van der Waals surface area contributed by atoms with Gasteiger partial charge < -0.3 is 4.74 Å². The Morgan fingerprint density at radius 2 is 1.62 bits per heavy atom. The van der Waals surface area contributed by atoms with Gasteiger partial charge in [-0.25, -0.2) is 0 Å². The van der Waals surface area contributed by atoms with Gasteiger partial charge in [-0.1, -0.05) is 80.6 Å². The van der Waals surface area contributed by atoms with Crippen molar-refractivity contribution in [2.45, 2.75) is 33.0 Å². The summed E-state index contributed by atoms with van der Waals surface area (Å²) in [6, 6.07) is 19.3. The molecule has 24 heavy (non-hydrogen) atoms. The zero-order valence-electron chi connectivity index (χ0n) is 14.5. The molecule has 2 atom stereocenters. The largest absolute Gasteiger partial charge is 0.365 e. The highest BCUT2D eigenvalue weighted by molar-refractivity contribution is 5.99. The van der Waals surface area contributed by atoms with E-state index in [4.69, 9.17) is 4.74 Å². The smallest absolute Gasteiger partial charge is 0.192 e. The molecule has 0 saturated carbocycles. The first-order valence-electron chi connectivity index (χ1n) is 8.49. The third kappa shape index (κ3) is 5.17. The van der Waals surface area contributed by atoms with Crippen molar-refractivity contribution in [2.75, 3.05) is 0 Å². The molecule has 0 fully saturated rings. The van der Waals surface area contributed by atoms with E-state index in [-0.39, 0.29) is 11.7 Å². The van der Waals surface area contributed by atoms with E-state index in [1.807, 2.05) is 66.7 Å². The summed E-state index contributed by atoms with van der Waals surface area (Å²) in [5.74, 6) is 0.498. The minimum Gasteiger partial charge on any atom is -0.365 e. The highest BCUT2D eigenvalue weighted by atomic mass is 16.5. The first-order chi connectivity index (χ1) is 11.6. The van der Waals surface area contributed by atoms with Gasteiger partial charge in [0.15, 0.2) is 5.78 Å². The van der Waals surface area contributed by atoms with Gasteiger partial charge in [0, 0.05) is 11.5 Å². The van der Waals surface area contributed by atoms with Gasteiger partial charge in [-0.05, 0) is 17.9 Å². The van der Waals surface area contributed by atoms with Gasteiger partial charge in [0.2, 0.25) is 0 Å². The molecule has 2 aromatic rings. The van der Waals surface area contributed by atoms with Crippen molar-refractivity contribution in [1.82, 2.24) is 0 Å². The van der Waals surface area contributed by atoms with Crippen LogP contribution >= 0.6 is 0 Å². The van der Waals surface area contributed by atoms with E-state index in [1.54, 1.807) is 0 Å². The van der Waals surface area contributed by atoms with E-state index in [2.05, 4.69) is 20.4 Å². The lowest BCUT2D eigenvalue weighted by Crippen LogP contribution is -2.32. The summed E-state index contributed by atoms with van der Waals surface area (Å²) in [5.41, 5.74) is 1.75. The molecule has 0 aliphatic rings. The highest BCUT2D eigenvalue weighted by Crippen LogP contribution is 2.23. The van der Waals surface area contributed by atoms with Gasteiger partial charge in [0.25, 0.3) is 0 Å². The Kier molecular flexibility index (Phi) is 6.95. The fraction of sp³-hybridized carbons (Fsp3) is 0.318. The van der Waals surface area contributed by atoms with Crippen LogP contribution in [0, 0.1) is 11.8 Å². The third-order valence-electron chi connectivity index (χ3n) is 4.02. The molecule has 0 N–H and O–H groups in total. The Labute approximate surface area is 145 Å². The Balaban J connectivity index is 2.19. The number of ketones is 1. The molecular formula is C22H26O2. The van der Waals surface area contributed by atoms with Crippen LogP contribution in [0.3, 0.4) is 0 Å². The number of benzene rings is 2. The standard InChI is InChI=1S/C22H26O2/c1-4-19(15-17(2)3)22(21(23)20-13-9-6-10-14-20)24-16-18-11-7-5-8-12-18/h4-14,17,19,22H,1,15-16H2,2-3H3/t19-,22-/m1/s1. The summed E-state index contributed by atoms with van der Waals surface area (Å²) in [6.45, 7) is 8.66. The summed E-state index contributed by atoms with van der Waals surface area (Å²) in [7, 11) is 0. The zero-order valence-corrected chi connectivity index (χ0v) is 14.5. The average Bonchev–Trinajstić information content (AvgIpc) is 2.62. The number of rotatable bonds is 9. The predicted molar refractivity (Wildman–Crippen MR) is 98.9 cm³/mol. The fourth-order valence-corrected chi connectivity index (χ4v) is 2.81. The van der Waals surface area contributed by atoms with E-state index in [0.29, 0.717) is 18.1 Å². The van der Waals surface area contributed by atoms with Crippen LogP contribution in [-0.4, -0.2) is 11.9 Å². The van der Waals surface area contributed by atoms with Crippen LogP contribution in [0.5, 0.6) is 0 Å². The van der Waals surface area contributed by atoms with Crippen molar-refractivity contribution < 1.29 is 9.53 Å². The Morgan fingerprint density at radius 1 is 1.04 bits per heavy atom. The van der Waals surface area contributed by atoms with Gasteiger partial charge in [0.05, 0.1) is 6.61 Å². The molecule has 0 aliphatic heterocycles. The summed E-state index contributed by atoms with van der Waals surface area (Å²) in [5, 5.41) is 0. The summed E-state index contributed by atoms with van der Waals surface area (Å²) < 4.78 is 6.08. The number of carbonyl (C=O) groups is 1. The van der Waals surface area contributed by atoms with Gasteiger partial charge >= 0.3 is 0 Å². The minimum absolute atomic E-state index is 0.00131. The summed E-state index contributed by atoms with van der Waals surface area (Å²) >= 11 is 0. The monoisotopic (exact) mass is 322 g/mol. The molecule has 2 aromatic carbocycles. The average molecular weight is 322 g/mol. The van der Waals surface area contributed by atoms with Gasteiger partial charge in [-0.2, -0.15) is 0 Å². The first-order valence-corrected chi connectivity index (χ1v) is 8.49. The van der Waals surface area contributed by atoms with E-state index in [1.165, 1.54) is 0 Å². The van der Waals surface area contributed by atoms with Crippen molar-refractivity contribution in [3.8, 4) is 0 Å². The quantitative estimate of drug-likeness (QED) is 0.462. The summed E-state index contributed by atoms with van der Waals surface area (Å²) in [4.78, 5) is 13.0. The van der Waals surface area contributed by atoms with Crippen LogP contribution in [0.15, 0.2) is 73.3 Å². The Morgan fingerprint density at radius 3 is 2.17 bits per heavy atom. The zero-order chi connectivity index (χ0) is 17.4. The molecule has 126 valence electrons. The van der Waals surface area contributed by atoms with Crippen molar-refractivity contribution >= 4 is 5.78 Å². The lowest BCUT2D eigenvalue weighted by atomic mass is 9.88. The number of carbonyl (C=O) groups excluding carboxylic acids is 1. The highest BCUT2D eigenvalue weighted by Gasteiger charge is 2.28. The second kappa shape index (κ2) is 9.19. The van der Waals surface area contributed by atoms with Crippen LogP contribution in [0.25, 0.3) is 0 Å². The first kappa shape index (κ1) is 18.2. The molecular weight excluding hydrogens is 296 g/mol. The van der Waals surface area contributed by atoms with Crippen LogP contribution in [0.4, 0.5) is 0 Å². The fourth-order valence-electron chi connectivity index (χ4n) is 2.81. The molecule has 2 heteroatoms. The van der Waals surface area contributed by atoms with Gasteiger partial charge in [0.1, 0.15) is 6.10 Å². The predicted octanol–water partition coefficient (Wildman–Crippen LogP) is 5.30. The maximum Gasteiger partial charge on any atom is 0.192 e. The molecule has 0 bridgehead atoms. The van der Waals surface area contributed by atoms with Crippen molar-refractivity contribution in [3.63, 3.8) is 0 Å². The van der Waals surface area contributed by atoms with E-state index in [9.17, 15) is 4.79 Å². The molecule has 0 spiro atoms. The van der Waals surface area contributed by atoms with Crippen molar-refractivity contribution in [1.29, 1.82) is 0 Å². The summed E-state index contributed by atoms with van der Waals surface area (Å²) in [6.07, 6.45) is 2.23. The lowest BCUT2D eigenvalue weighted by Gasteiger charge is -2.25. The SMILES string of the molecule is C=C[C@H](CC(C)C)[C@@H](OCc1ccccc1)C(=O)c1ccccc1. The van der Waals surface area contributed by atoms with E-state index in [0.717, 1.165) is 12.0 Å². The van der Waals surface area contributed by atoms with Gasteiger partial charge in [-0.3, -0.25) is 4.79 Å². The number of hydrogen-bond donors (Lipinski definition) is 0. The van der Waals surface area contributed by atoms with Crippen LogP contribution in [-0.2, 0) is 11.3 Å². The van der Waals surface area contributed by atoms with E-state index >= 15 is 0 Å². The molecule has 0 aromatic heterocycles. The van der Waals surface area contributed by atoms with Crippen LogP contribution in [0.2, 0.25) is 0 Å². The lowest BCUT2D eigenvalue weighted by molar-refractivity contribution is 0.0135. The van der Waals surface area contributed by atoms with Crippen molar-refractivity contribution in [3.05, 3.63) is 84.4 Å². The molecule has 2 rings (SSSR count). The number of Topliss-reactive ketones (excluding diaryl/α,β-unsaturated/α-hetero) is 1. The Hall–Kier alpha value is -2.19. The number of hydrogen-bond acceptors (Lipinski definition) is 2. The van der Waals surface area contributed by atoms with Crippen LogP contribution in [0.1, 0.15) is 36.2 Å². The third-order valence-corrected chi connectivity index (χ3v) is 4.02. The molecule has 0 saturated heterocycles. The van der Waals surface area contributed by atoms with Crippen LogP contribution < -0.4 is 0 Å². The molecule has 0 heterocycles. The Bertz CT molecular complexity index is 632. The minimum atomic E-state index is -0.507. The molecule has 0 unspecified atom stereocenters.